The molecule has 2 heterocycles. The zero-order chi connectivity index (χ0) is 16.1. The van der Waals surface area contributed by atoms with Gasteiger partial charge in [-0.25, -0.2) is 4.68 Å². The van der Waals surface area contributed by atoms with Gasteiger partial charge in [0.1, 0.15) is 5.82 Å². The Hall–Kier alpha value is -1.52. The molecule has 116 valence electrons. The molecule has 1 aromatic carbocycles. The first-order chi connectivity index (χ1) is 10.3. The van der Waals surface area contributed by atoms with E-state index in [1.165, 1.54) is 0 Å². The van der Waals surface area contributed by atoms with E-state index in [0.717, 1.165) is 16.9 Å². The first-order valence-electron chi connectivity index (χ1n) is 7.10. The fraction of sp³-hybridized carbons (Fsp3) is 0.375. The number of nitrogens with zero attached hydrogens (tertiary/aromatic N) is 2. The Balaban J connectivity index is 2.13. The molecule has 1 aromatic heterocycles. The summed E-state index contributed by atoms with van der Waals surface area (Å²) < 4.78 is 1.84. The lowest BCUT2D eigenvalue weighted by Crippen LogP contribution is -2.30. The maximum atomic E-state index is 12.1. The second-order valence-electron chi connectivity index (χ2n) is 6.50. The minimum absolute atomic E-state index is 0.0329. The van der Waals surface area contributed by atoms with Crippen molar-refractivity contribution in [1.29, 1.82) is 0 Å². The third-order valence-corrected chi connectivity index (χ3v) is 4.36. The fourth-order valence-electron chi connectivity index (χ4n) is 2.79. The first kappa shape index (κ1) is 15.4. The summed E-state index contributed by atoms with van der Waals surface area (Å²) in [5.41, 5.74) is 1.67. The summed E-state index contributed by atoms with van der Waals surface area (Å²) in [6.07, 6.45) is 2.17. The minimum atomic E-state index is -0.216. The summed E-state index contributed by atoms with van der Waals surface area (Å²) in [4.78, 5) is 12.1. The van der Waals surface area contributed by atoms with Crippen LogP contribution in [0.25, 0.3) is 0 Å². The molecule has 1 aliphatic heterocycles. The van der Waals surface area contributed by atoms with Crippen LogP contribution in [-0.2, 0) is 10.3 Å². The Bertz CT molecular complexity index is 746. The number of carbonyl (C=O) groups excluding carboxylic acids is 1. The monoisotopic (exact) mass is 337 g/mol. The Kier molecular flexibility index (Phi) is 3.69. The van der Waals surface area contributed by atoms with Crippen LogP contribution in [-0.4, -0.2) is 15.7 Å². The number of hydrogen-bond acceptors (Lipinski definition) is 2. The van der Waals surface area contributed by atoms with Gasteiger partial charge < -0.3 is 5.32 Å². The normalized spacial score (nSPS) is 18.0. The summed E-state index contributed by atoms with van der Waals surface area (Å²) >= 11 is 12.3. The minimum Gasteiger partial charge on any atom is -0.311 e. The van der Waals surface area contributed by atoms with Gasteiger partial charge in [-0.3, -0.25) is 4.79 Å². The number of rotatable bonds is 1. The number of carbonyl (C=O) groups is 1. The molecule has 0 spiro atoms. The number of benzene rings is 1. The molecule has 0 saturated heterocycles. The van der Waals surface area contributed by atoms with Crippen LogP contribution >= 0.6 is 23.2 Å². The van der Waals surface area contributed by atoms with Gasteiger partial charge in [0, 0.05) is 27.9 Å². The molecular formula is C16H17Cl2N3O. The third-order valence-electron chi connectivity index (χ3n) is 3.79. The molecule has 2 aromatic rings. The Morgan fingerprint density at radius 1 is 1.27 bits per heavy atom. The van der Waals surface area contributed by atoms with Gasteiger partial charge in [0.25, 0.3) is 0 Å². The third kappa shape index (κ3) is 2.61. The molecular weight excluding hydrogens is 321 g/mol. The molecule has 22 heavy (non-hydrogen) atoms. The van der Waals surface area contributed by atoms with Crippen LogP contribution in [0.5, 0.6) is 0 Å². The van der Waals surface area contributed by atoms with Gasteiger partial charge in [0.05, 0.1) is 11.7 Å². The highest BCUT2D eigenvalue weighted by atomic mass is 35.5. The van der Waals surface area contributed by atoms with Gasteiger partial charge in [-0.2, -0.15) is 5.10 Å². The van der Waals surface area contributed by atoms with Crippen molar-refractivity contribution in [3.63, 3.8) is 0 Å². The van der Waals surface area contributed by atoms with Crippen molar-refractivity contribution in [1.82, 2.24) is 9.78 Å². The number of anilines is 1. The number of halogens is 2. The van der Waals surface area contributed by atoms with E-state index >= 15 is 0 Å². The average molecular weight is 338 g/mol. The van der Waals surface area contributed by atoms with E-state index in [2.05, 4.69) is 10.4 Å². The number of hydrogen-bond donors (Lipinski definition) is 1. The van der Waals surface area contributed by atoms with E-state index in [-0.39, 0.29) is 17.4 Å². The predicted molar refractivity (Wildman–Crippen MR) is 88.8 cm³/mol. The Morgan fingerprint density at radius 3 is 2.64 bits per heavy atom. The maximum absolute atomic E-state index is 12.1. The topological polar surface area (TPSA) is 46.9 Å². The van der Waals surface area contributed by atoms with E-state index < -0.39 is 0 Å². The maximum Gasteiger partial charge on any atom is 0.226 e. The van der Waals surface area contributed by atoms with Crippen LogP contribution in [0.3, 0.4) is 0 Å². The van der Waals surface area contributed by atoms with Crippen molar-refractivity contribution in [3.8, 4) is 0 Å². The van der Waals surface area contributed by atoms with E-state index in [4.69, 9.17) is 23.2 Å². The number of nitrogens with one attached hydrogen (secondary N) is 1. The van der Waals surface area contributed by atoms with Crippen LogP contribution in [0.4, 0.5) is 5.82 Å². The molecule has 0 aliphatic carbocycles. The second-order valence-corrected chi connectivity index (χ2v) is 7.35. The van der Waals surface area contributed by atoms with E-state index in [0.29, 0.717) is 16.5 Å². The zero-order valence-electron chi connectivity index (χ0n) is 12.7. The van der Waals surface area contributed by atoms with Gasteiger partial charge in [-0.15, -0.1) is 0 Å². The van der Waals surface area contributed by atoms with E-state index in [1.54, 1.807) is 12.1 Å². The molecule has 6 heteroatoms. The molecule has 3 rings (SSSR count). The lowest BCUT2D eigenvalue weighted by Gasteiger charge is -2.28. The van der Waals surface area contributed by atoms with Gasteiger partial charge in [0.15, 0.2) is 0 Å². The molecule has 0 unspecified atom stereocenters. The van der Waals surface area contributed by atoms with Gasteiger partial charge in [-0.1, -0.05) is 29.3 Å². The standard InChI is InChI=1S/C16H17Cl2N3O/c1-16(2,3)21-15-12(8-19-21)11(7-14(22)20-15)10-5-4-9(17)6-13(10)18/h4-6,8,11H,7H2,1-3H3,(H,20,22)/t11-/m0/s1. The summed E-state index contributed by atoms with van der Waals surface area (Å²) in [5, 5.41) is 8.55. The van der Waals surface area contributed by atoms with Crippen molar-refractivity contribution in [3.05, 3.63) is 45.6 Å². The molecule has 4 nitrogen and oxygen atoms in total. The number of aromatic nitrogens is 2. The highest BCUT2D eigenvalue weighted by Gasteiger charge is 2.33. The quantitative estimate of drug-likeness (QED) is 0.837. The van der Waals surface area contributed by atoms with Crippen LogP contribution in [0, 0.1) is 0 Å². The average Bonchev–Trinajstić information content (AvgIpc) is 2.81. The second kappa shape index (κ2) is 5.28. The van der Waals surface area contributed by atoms with Crippen molar-refractivity contribution in [2.75, 3.05) is 5.32 Å². The lowest BCUT2D eigenvalue weighted by atomic mass is 9.87. The van der Waals surface area contributed by atoms with Crippen LogP contribution in [0.1, 0.15) is 44.2 Å². The molecule has 1 amide bonds. The van der Waals surface area contributed by atoms with Gasteiger partial charge in [-0.05, 0) is 38.5 Å². The van der Waals surface area contributed by atoms with Crippen LogP contribution < -0.4 is 5.32 Å². The van der Waals surface area contributed by atoms with E-state index in [1.807, 2.05) is 37.7 Å². The summed E-state index contributed by atoms with van der Waals surface area (Å²) in [6, 6.07) is 5.38. The Morgan fingerprint density at radius 2 is 2.00 bits per heavy atom. The van der Waals surface area contributed by atoms with Crippen LogP contribution in [0.15, 0.2) is 24.4 Å². The molecule has 1 aliphatic rings. The fourth-order valence-corrected chi connectivity index (χ4v) is 3.33. The molecule has 0 bridgehead atoms. The predicted octanol–water partition coefficient (Wildman–Crippen LogP) is 4.42. The number of amides is 1. The first-order valence-corrected chi connectivity index (χ1v) is 7.86. The van der Waals surface area contributed by atoms with Crippen molar-refractivity contribution >= 4 is 34.9 Å². The van der Waals surface area contributed by atoms with Crippen molar-refractivity contribution in [2.45, 2.75) is 38.6 Å². The number of fused-ring (bicyclic) bond motifs is 1. The van der Waals surface area contributed by atoms with Gasteiger partial charge in [0.2, 0.25) is 5.91 Å². The molecule has 0 saturated carbocycles. The smallest absolute Gasteiger partial charge is 0.226 e. The largest absolute Gasteiger partial charge is 0.311 e. The SMILES string of the molecule is CC(C)(C)n1ncc2c1NC(=O)C[C@H]2c1ccc(Cl)cc1Cl. The highest BCUT2D eigenvalue weighted by molar-refractivity contribution is 6.35. The summed E-state index contributed by atoms with van der Waals surface area (Å²) in [7, 11) is 0. The zero-order valence-corrected chi connectivity index (χ0v) is 14.2. The Labute approximate surface area is 139 Å². The summed E-state index contributed by atoms with van der Waals surface area (Å²) in [6.45, 7) is 6.14. The lowest BCUT2D eigenvalue weighted by molar-refractivity contribution is -0.116. The summed E-state index contributed by atoms with van der Waals surface area (Å²) in [5.74, 6) is 0.610. The van der Waals surface area contributed by atoms with Crippen molar-refractivity contribution in [2.24, 2.45) is 0 Å². The van der Waals surface area contributed by atoms with Crippen LogP contribution in [0.2, 0.25) is 10.0 Å². The molecule has 1 N–H and O–H groups in total. The molecule has 0 fully saturated rings. The highest BCUT2D eigenvalue weighted by Crippen LogP contribution is 2.41. The molecule has 0 radical (unpaired) electrons. The van der Waals surface area contributed by atoms with E-state index in [9.17, 15) is 4.79 Å². The van der Waals surface area contributed by atoms with Crippen molar-refractivity contribution < 1.29 is 4.79 Å². The van der Waals surface area contributed by atoms with Gasteiger partial charge >= 0.3 is 0 Å². The molecule has 1 atom stereocenters.